The van der Waals surface area contributed by atoms with Crippen LogP contribution in [0.2, 0.25) is 0 Å². The Kier molecular flexibility index (Phi) is 4.48. The fourth-order valence-electron chi connectivity index (χ4n) is 4.92. The Morgan fingerprint density at radius 2 is 1.97 bits per heavy atom. The summed E-state index contributed by atoms with van der Waals surface area (Å²) in [6.07, 6.45) is -4.45. The predicted octanol–water partition coefficient (Wildman–Crippen LogP) is 2.31. The van der Waals surface area contributed by atoms with Gasteiger partial charge in [0.2, 0.25) is 5.91 Å². The molecular formula is C22H20F5N11O. The molecular weight excluding hydrogens is 529 g/mol. The molecule has 1 fully saturated rings. The Bertz CT molecular complexity index is 1750. The molecule has 4 aromatic rings. The summed E-state index contributed by atoms with van der Waals surface area (Å²) in [4.78, 5) is 30.3. The summed E-state index contributed by atoms with van der Waals surface area (Å²) in [6, 6.07) is 0. The number of hydrogen-bond donors (Lipinski definition) is 2. The number of alkyl halides is 5. The molecule has 2 aliphatic rings. The standard InChI is InChI=1S/C22H20F5N11O/c1-37-8-11(35-36-37)21(9-3-4-9)13-15(28)32-17(33-16(13)34-19(21)39)14-10-7-29-38(2)18(10)31-12(30-14)5-6-20(23,24)22(25,26)27/h7-9H,3-6H2,1-2H3,(H3,28,32,33,34,39)/i2D3. The molecule has 204 valence electrons. The Labute approximate surface area is 220 Å². The van der Waals surface area contributed by atoms with Gasteiger partial charge in [-0.2, -0.15) is 27.1 Å². The largest absolute Gasteiger partial charge is 0.453 e. The lowest BCUT2D eigenvalue weighted by Gasteiger charge is -2.25. The summed E-state index contributed by atoms with van der Waals surface area (Å²) < 4.78 is 90.9. The van der Waals surface area contributed by atoms with Crippen molar-refractivity contribution >= 4 is 28.6 Å². The van der Waals surface area contributed by atoms with E-state index in [1.54, 1.807) is 13.2 Å². The zero-order valence-corrected chi connectivity index (χ0v) is 20.0. The van der Waals surface area contributed by atoms with Crippen molar-refractivity contribution in [3.8, 4) is 11.5 Å². The maximum absolute atomic E-state index is 13.7. The van der Waals surface area contributed by atoms with Gasteiger partial charge in [0.25, 0.3) is 0 Å². The van der Waals surface area contributed by atoms with Crippen LogP contribution in [0.25, 0.3) is 22.6 Å². The Balaban J connectivity index is 1.51. The lowest BCUT2D eigenvalue weighted by atomic mass is 9.75. The van der Waals surface area contributed by atoms with Crippen LogP contribution in [-0.2, 0) is 30.7 Å². The number of nitrogen functional groups attached to an aromatic ring is 1. The first kappa shape index (κ1) is 21.6. The molecule has 4 aromatic heterocycles. The second-order valence-corrected chi connectivity index (χ2v) is 9.45. The van der Waals surface area contributed by atoms with Crippen molar-refractivity contribution in [3.05, 3.63) is 29.5 Å². The lowest BCUT2D eigenvalue weighted by Crippen LogP contribution is -2.39. The molecule has 39 heavy (non-hydrogen) atoms. The zero-order valence-electron chi connectivity index (χ0n) is 23.0. The molecule has 12 nitrogen and oxygen atoms in total. The Morgan fingerprint density at radius 3 is 2.62 bits per heavy atom. The van der Waals surface area contributed by atoms with Crippen molar-refractivity contribution in [2.24, 2.45) is 19.9 Å². The molecule has 3 N–H and O–H groups in total. The van der Waals surface area contributed by atoms with Gasteiger partial charge in [0.05, 0.1) is 17.1 Å². The van der Waals surface area contributed by atoms with Crippen molar-refractivity contribution in [2.75, 3.05) is 11.1 Å². The molecule has 1 saturated carbocycles. The highest BCUT2D eigenvalue weighted by molar-refractivity contribution is 6.09. The monoisotopic (exact) mass is 552 g/mol. The van der Waals surface area contributed by atoms with E-state index in [2.05, 4.69) is 40.7 Å². The Morgan fingerprint density at radius 1 is 1.21 bits per heavy atom. The van der Waals surface area contributed by atoms with Crippen molar-refractivity contribution in [1.29, 1.82) is 0 Å². The van der Waals surface area contributed by atoms with Crippen LogP contribution in [0.15, 0.2) is 12.4 Å². The first-order chi connectivity index (χ1) is 19.5. The number of nitrogens with two attached hydrogens (primary N) is 1. The average molecular weight is 552 g/mol. The predicted molar refractivity (Wildman–Crippen MR) is 124 cm³/mol. The number of anilines is 2. The van der Waals surface area contributed by atoms with Crippen molar-refractivity contribution in [3.63, 3.8) is 0 Å². The van der Waals surface area contributed by atoms with Gasteiger partial charge in [0, 0.05) is 37.2 Å². The molecule has 0 aromatic carbocycles. The lowest BCUT2D eigenvalue weighted by molar-refractivity contribution is -0.284. The number of aromatic nitrogens is 9. The van der Waals surface area contributed by atoms with Gasteiger partial charge in [-0.3, -0.25) is 14.2 Å². The van der Waals surface area contributed by atoms with Gasteiger partial charge < -0.3 is 11.1 Å². The molecule has 1 atom stereocenters. The summed E-state index contributed by atoms with van der Waals surface area (Å²) in [5.41, 5.74) is 5.07. The normalized spacial score (nSPS) is 21.0. The number of rotatable bonds is 6. The molecule has 1 aliphatic heterocycles. The maximum atomic E-state index is 13.7. The second-order valence-electron chi connectivity index (χ2n) is 9.45. The molecule has 0 bridgehead atoms. The molecule has 17 heteroatoms. The van der Waals surface area contributed by atoms with E-state index in [0.717, 1.165) is 6.20 Å². The number of hydrogen-bond acceptors (Lipinski definition) is 9. The second kappa shape index (κ2) is 8.09. The van der Waals surface area contributed by atoms with Crippen LogP contribution >= 0.6 is 0 Å². The summed E-state index contributed by atoms with van der Waals surface area (Å²) >= 11 is 0. The van der Waals surface area contributed by atoms with E-state index in [1.807, 2.05) is 0 Å². The van der Waals surface area contributed by atoms with Crippen LogP contribution in [0.1, 0.15) is 40.5 Å². The molecule has 0 spiro atoms. The van der Waals surface area contributed by atoms with Gasteiger partial charge >= 0.3 is 12.1 Å². The number of nitrogens with zero attached hydrogens (tertiary/aromatic N) is 9. The van der Waals surface area contributed by atoms with Crippen molar-refractivity contribution in [1.82, 2.24) is 44.7 Å². The third kappa shape index (κ3) is 3.69. The topological polar surface area (TPSA) is 155 Å². The molecule has 5 heterocycles. The molecule has 6 rings (SSSR count). The number of fused-ring (bicyclic) bond motifs is 2. The molecule has 1 aliphatic carbocycles. The number of carbonyl (C=O) groups is 1. The average Bonchev–Trinajstić information content (AvgIpc) is 3.35. The van der Waals surface area contributed by atoms with Crippen molar-refractivity contribution < 1.29 is 30.9 Å². The van der Waals surface area contributed by atoms with Gasteiger partial charge in [-0.15, -0.1) is 5.10 Å². The molecule has 0 radical (unpaired) electrons. The number of carbonyl (C=O) groups excluding carboxylic acids is 1. The highest BCUT2D eigenvalue weighted by Gasteiger charge is 2.61. The third-order valence-electron chi connectivity index (χ3n) is 6.88. The van der Waals surface area contributed by atoms with E-state index in [0.29, 0.717) is 23.2 Å². The summed E-state index contributed by atoms with van der Waals surface area (Å²) in [5, 5.41) is 14.5. The maximum Gasteiger partial charge on any atom is 0.453 e. The van der Waals surface area contributed by atoms with Crippen LogP contribution in [0, 0.1) is 5.92 Å². The van der Waals surface area contributed by atoms with Gasteiger partial charge in [0.1, 0.15) is 34.3 Å². The van der Waals surface area contributed by atoms with Crippen LogP contribution in [0.4, 0.5) is 33.6 Å². The van der Waals surface area contributed by atoms with Gasteiger partial charge in [-0.25, -0.2) is 19.9 Å². The van der Waals surface area contributed by atoms with Gasteiger partial charge in [-0.05, 0) is 18.8 Å². The van der Waals surface area contributed by atoms with E-state index < -0.39 is 49.1 Å². The van der Waals surface area contributed by atoms with E-state index in [9.17, 15) is 26.7 Å². The minimum absolute atomic E-state index is 0.0141. The SMILES string of the molecule is [2H]C([2H])([2H])n1ncc2c(-c3nc(N)c4c(n3)NC(=O)C4(c3cn(C)nn3)C3CC3)nc(CCC(F)(F)C(F)(F)F)nc21. The third-order valence-corrected chi connectivity index (χ3v) is 6.88. The summed E-state index contributed by atoms with van der Waals surface area (Å²) in [7, 11) is 1.63. The minimum atomic E-state index is -5.81. The smallest absolute Gasteiger partial charge is 0.383 e. The number of nitrogens with one attached hydrogen (secondary N) is 1. The van der Waals surface area contributed by atoms with Crippen LogP contribution in [0.3, 0.4) is 0 Å². The van der Waals surface area contributed by atoms with Crippen LogP contribution < -0.4 is 11.1 Å². The van der Waals surface area contributed by atoms with E-state index in [4.69, 9.17) is 9.85 Å². The van der Waals surface area contributed by atoms with Crippen molar-refractivity contribution in [2.45, 2.75) is 43.2 Å². The summed E-state index contributed by atoms with van der Waals surface area (Å²) in [6.45, 7) is -2.88. The quantitative estimate of drug-likeness (QED) is 0.343. The first-order valence-corrected chi connectivity index (χ1v) is 11.6. The summed E-state index contributed by atoms with van der Waals surface area (Å²) in [5.74, 6) is -6.62. The zero-order chi connectivity index (χ0) is 30.4. The number of halogens is 5. The van der Waals surface area contributed by atoms with E-state index in [-0.39, 0.29) is 45.7 Å². The first-order valence-electron chi connectivity index (χ1n) is 13.1. The van der Waals surface area contributed by atoms with Gasteiger partial charge in [-0.1, -0.05) is 5.21 Å². The number of aryl methyl sites for hydroxylation is 3. The fourth-order valence-corrected chi connectivity index (χ4v) is 4.92. The minimum Gasteiger partial charge on any atom is -0.383 e. The highest BCUT2D eigenvalue weighted by atomic mass is 19.4. The highest BCUT2D eigenvalue weighted by Crippen LogP contribution is 2.57. The van der Waals surface area contributed by atoms with Crippen LogP contribution in [-0.4, -0.2) is 62.7 Å². The fraction of sp³-hybridized carbons (Fsp3) is 0.455. The van der Waals surface area contributed by atoms with Gasteiger partial charge in [0.15, 0.2) is 11.5 Å². The Hall–Kier alpha value is -4.31. The van der Waals surface area contributed by atoms with Crippen LogP contribution in [0.5, 0.6) is 0 Å². The van der Waals surface area contributed by atoms with E-state index >= 15 is 0 Å². The molecule has 1 unspecified atom stereocenters. The number of amides is 1. The molecule has 1 amide bonds. The van der Waals surface area contributed by atoms with E-state index in [1.165, 1.54) is 4.68 Å². The molecule has 0 saturated heterocycles.